The summed E-state index contributed by atoms with van der Waals surface area (Å²) in [5, 5.41) is 9.97. The molecule has 2 nitrogen and oxygen atoms in total. The molecule has 0 aliphatic heterocycles. The SMILES string of the molecule is CCOc1ccccc1C(O)CCSC. The summed E-state index contributed by atoms with van der Waals surface area (Å²) in [5.74, 6) is 1.76. The fourth-order valence-electron chi connectivity index (χ4n) is 1.43. The van der Waals surface area contributed by atoms with Gasteiger partial charge < -0.3 is 9.84 Å². The van der Waals surface area contributed by atoms with Gasteiger partial charge in [-0.2, -0.15) is 11.8 Å². The molecule has 1 aromatic rings. The van der Waals surface area contributed by atoms with Gasteiger partial charge >= 0.3 is 0 Å². The lowest BCUT2D eigenvalue weighted by Gasteiger charge is -2.14. The van der Waals surface area contributed by atoms with Crippen molar-refractivity contribution in [3.8, 4) is 5.75 Å². The van der Waals surface area contributed by atoms with Crippen molar-refractivity contribution >= 4 is 11.8 Å². The average molecular weight is 226 g/mol. The van der Waals surface area contributed by atoms with Gasteiger partial charge in [0.05, 0.1) is 12.7 Å². The molecule has 1 atom stereocenters. The second-order valence-electron chi connectivity index (χ2n) is 3.27. The molecule has 0 amide bonds. The number of hydrogen-bond acceptors (Lipinski definition) is 3. The molecule has 0 fully saturated rings. The summed E-state index contributed by atoms with van der Waals surface area (Å²) in [4.78, 5) is 0. The molecule has 0 aliphatic rings. The molecule has 0 aliphatic carbocycles. The minimum absolute atomic E-state index is 0.416. The molecule has 0 bridgehead atoms. The molecule has 0 aromatic heterocycles. The van der Waals surface area contributed by atoms with E-state index >= 15 is 0 Å². The third-order valence-corrected chi connectivity index (χ3v) is 2.82. The van der Waals surface area contributed by atoms with Crippen LogP contribution in [0.4, 0.5) is 0 Å². The highest BCUT2D eigenvalue weighted by atomic mass is 32.2. The second-order valence-corrected chi connectivity index (χ2v) is 4.25. The predicted octanol–water partition coefficient (Wildman–Crippen LogP) is 2.87. The van der Waals surface area contributed by atoms with E-state index in [1.165, 1.54) is 0 Å². The molecule has 1 unspecified atom stereocenters. The summed E-state index contributed by atoms with van der Waals surface area (Å²) in [6, 6.07) is 7.69. The smallest absolute Gasteiger partial charge is 0.125 e. The maximum atomic E-state index is 9.97. The molecule has 1 N–H and O–H groups in total. The Bertz CT molecular complexity index is 289. The third kappa shape index (κ3) is 3.76. The van der Waals surface area contributed by atoms with Crippen LogP contribution in [0.2, 0.25) is 0 Å². The monoisotopic (exact) mass is 226 g/mol. The molecule has 0 radical (unpaired) electrons. The predicted molar refractivity (Wildman–Crippen MR) is 65.6 cm³/mol. The number of hydrogen-bond donors (Lipinski definition) is 1. The van der Waals surface area contributed by atoms with Crippen molar-refractivity contribution in [2.24, 2.45) is 0 Å². The van der Waals surface area contributed by atoms with E-state index in [-0.39, 0.29) is 0 Å². The van der Waals surface area contributed by atoms with Crippen LogP contribution in [-0.4, -0.2) is 23.7 Å². The van der Waals surface area contributed by atoms with E-state index in [4.69, 9.17) is 4.74 Å². The Hall–Kier alpha value is -0.670. The molecular weight excluding hydrogens is 208 g/mol. The van der Waals surface area contributed by atoms with Crippen LogP contribution in [0.3, 0.4) is 0 Å². The number of ether oxygens (including phenoxy) is 1. The molecule has 0 saturated heterocycles. The Kier molecular flexibility index (Phi) is 5.58. The van der Waals surface area contributed by atoms with Crippen LogP contribution in [0, 0.1) is 0 Å². The van der Waals surface area contributed by atoms with Gasteiger partial charge in [-0.15, -0.1) is 0 Å². The number of aliphatic hydroxyl groups is 1. The summed E-state index contributed by atoms with van der Waals surface area (Å²) in [6.45, 7) is 2.58. The first-order chi connectivity index (χ1) is 7.29. The van der Waals surface area contributed by atoms with Gasteiger partial charge in [0.25, 0.3) is 0 Å². The maximum absolute atomic E-state index is 9.97. The minimum Gasteiger partial charge on any atom is -0.493 e. The van der Waals surface area contributed by atoms with Crippen molar-refractivity contribution in [3.63, 3.8) is 0 Å². The van der Waals surface area contributed by atoms with E-state index in [0.29, 0.717) is 6.61 Å². The van der Waals surface area contributed by atoms with E-state index in [9.17, 15) is 5.11 Å². The standard InChI is InChI=1S/C12H18O2S/c1-3-14-12-7-5-4-6-10(12)11(13)8-9-15-2/h4-7,11,13H,3,8-9H2,1-2H3. The first-order valence-electron chi connectivity index (χ1n) is 5.18. The summed E-state index contributed by atoms with van der Waals surface area (Å²) >= 11 is 1.74. The van der Waals surface area contributed by atoms with Gasteiger partial charge in [-0.1, -0.05) is 18.2 Å². The average Bonchev–Trinajstić information content (AvgIpc) is 2.27. The third-order valence-electron chi connectivity index (χ3n) is 2.17. The molecule has 1 aromatic carbocycles. The summed E-state index contributed by atoms with van der Waals surface area (Å²) < 4.78 is 5.47. The minimum atomic E-state index is -0.416. The number of thioether (sulfide) groups is 1. The first kappa shape index (κ1) is 12.4. The largest absolute Gasteiger partial charge is 0.493 e. The highest BCUT2D eigenvalue weighted by molar-refractivity contribution is 7.98. The zero-order valence-electron chi connectivity index (χ0n) is 9.27. The normalized spacial score (nSPS) is 12.5. The Labute approximate surface area is 95.7 Å². The zero-order chi connectivity index (χ0) is 11.1. The molecule has 0 saturated carbocycles. The fraction of sp³-hybridized carbons (Fsp3) is 0.500. The van der Waals surface area contributed by atoms with Crippen molar-refractivity contribution in [2.45, 2.75) is 19.4 Å². The van der Waals surface area contributed by atoms with Gasteiger partial charge in [0.2, 0.25) is 0 Å². The van der Waals surface area contributed by atoms with Gasteiger partial charge in [-0.3, -0.25) is 0 Å². The molecule has 3 heteroatoms. The maximum Gasteiger partial charge on any atom is 0.125 e. The van der Waals surface area contributed by atoms with E-state index < -0.39 is 6.10 Å². The number of benzene rings is 1. The second kappa shape index (κ2) is 6.75. The highest BCUT2D eigenvalue weighted by Crippen LogP contribution is 2.27. The van der Waals surface area contributed by atoms with Gasteiger partial charge in [0, 0.05) is 5.56 Å². The van der Waals surface area contributed by atoms with Crippen molar-refractivity contribution in [2.75, 3.05) is 18.6 Å². The van der Waals surface area contributed by atoms with E-state index in [1.54, 1.807) is 11.8 Å². The van der Waals surface area contributed by atoms with Crippen LogP contribution in [0.1, 0.15) is 25.0 Å². The fourth-order valence-corrected chi connectivity index (χ4v) is 1.89. The van der Waals surface area contributed by atoms with Gasteiger partial charge in [0.1, 0.15) is 5.75 Å². The Morgan fingerprint density at radius 3 is 2.80 bits per heavy atom. The molecule has 1 rings (SSSR count). The molecule has 84 valence electrons. The highest BCUT2D eigenvalue weighted by Gasteiger charge is 2.11. The lowest BCUT2D eigenvalue weighted by Crippen LogP contribution is -2.03. The lowest BCUT2D eigenvalue weighted by atomic mass is 10.1. The van der Waals surface area contributed by atoms with Crippen molar-refractivity contribution in [1.82, 2.24) is 0 Å². The number of para-hydroxylation sites is 1. The van der Waals surface area contributed by atoms with Crippen LogP contribution in [-0.2, 0) is 0 Å². The molecule has 0 spiro atoms. The topological polar surface area (TPSA) is 29.5 Å². The van der Waals surface area contributed by atoms with E-state index in [0.717, 1.165) is 23.5 Å². The van der Waals surface area contributed by atoms with Crippen LogP contribution in [0.25, 0.3) is 0 Å². The van der Waals surface area contributed by atoms with Gasteiger partial charge in [0.15, 0.2) is 0 Å². The van der Waals surface area contributed by atoms with Gasteiger partial charge in [-0.05, 0) is 31.4 Å². The quantitative estimate of drug-likeness (QED) is 0.808. The summed E-state index contributed by atoms with van der Waals surface area (Å²) in [7, 11) is 0. The Balaban J connectivity index is 2.72. The summed E-state index contributed by atoms with van der Waals surface area (Å²) in [6.07, 6.45) is 2.40. The van der Waals surface area contributed by atoms with Crippen LogP contribution >= 0.6 is 11.8 Å². The summed E-state index contributed by atoms with van der Waals surface area (Å²) in [5.41, 5.74) is 0.897. The molecule has 0 heterocycles. The van der Waals surface area contributed by atoms with Crippen molar-refractivity contribution in [3.05, 3.63) is 29.8 Å². The van der Waals surface area contributed by atoms with Crippen LogP contribution in [0.5, 0.6) is 5.75 Å². The first-order valence-corrected chi connectivity index (χ1v) is 6.57. The van der Waals surface area contributed by atoms with Crippen molar-refractivity contribution < 1.29 is 9.84 Å². The molecule has 15 heavy (non-hydrogen) atoms. The van der Waals surface area contributed by atoms with E-state index in [1.807, 2.05) is 37.4 Å². The molecular formula is C12H18O2S. The number of rotatable bonds is 6. The van der Waals surface area contributed by atoms with E-state index in [2.05, 4.69) is 0 Å². The Morgan fingerprint density at radius 2 is 2.13 bits per heavy atom. The number of aliphatic hydroxyl groups excluding tert-OH is 1. The lowest BCUT2D eigenvalue weighted by molar-refractivity contribution is 0.169. The van der Waals surface area contributed by atoms with Crippen LogP contribution < -0.4 is 4.74 Å². The van der Waals surface area contributed by atoms with Gasteiger partial charge in [-0.25, -0.2) is 0 Å². The van der Waals surface area contributed by atoms with Crippen molar-refractivity contribution in [1.29, 1.82) is 0 Å². The zero-order valence-corrected chi connectivity index (χ0v) is 10.1. The van der Waals surface area contributed by atoms with Crippen LogP contribution in [0.15, 0.2) is 24.3 Å². The Morgan fingerprint density at radius 1 is 1.40 bits per heavy atom.